The first-order chi connectivity index (χ1) is 16.5. The van der Waals surface area contributed by atoms with Gasteiger partial charge in [-0.25, -0.2) is 8.42 Å². The van der Waals surface area contributed by atoms with Crippen LogP contribution in [0.25, 0.3) is 5.69 Å². The molecule has 3 aromatic rings. The average Bonchev–Trinajstić information content (AvgIpc) is 2.81. The highest BCUT2D eigenvalue weighted by molar-refractivity contribution is 7.91. The van der Waals surface area contributed by atoms with Gasteiger partial charge >= 0.3 is 0 Å². The van der Waals surface area contributed by atoms with Gasteiger partial charge in [0.25, 0.3) is 5.56 Å². The molecule has 3 rings (SSSR count). The summed E-state index contributed by atoms with van der Waals surface area (Å²) in [6.45, 7) is 8.02. The Hall–Kier alpha value is -3.33. The summed E-state index contributed by atoms with van der Waals surface area (Å²) in [6, 6.07) is 11.3. The zero-order valence-electron chi connectivity index (χ0n) is 21.0. The zero-order chi connectivity index (χ0) is 26.0. The summed E-state index contributed by atoms with van der Waals surface area (Å²) in [4.78, 5) is 16.2. The number of rotatable bonds is 8. The number of aromatic hydroxyl groups is 1. The molecule has 0 saturated carbocycles. The Morgan fingerprint density at radius 3 is 2.06 bits per heavy atom. The Bertz CT molecular complexity index is 1350. The van der Waals surface area contributed by atoms with Crippen LogP contribution in [-0.4, -0.2) is 37.3 Å². The predicted molar refractivity (Wildman–Crippen MR) is 134 cm³/mol. The van der Waals surface area contributed by atoms with Crippen LogP contribution < -0.4 is 15.0 Å². The molecule has 35 heavy (non-hydrogen) atoms. The molecular formula is C26H32N2O6S. The van der Waals surface area contributed by atoms with E-state index in [1.54, 1.807) is 30.3 Å². The first kappa shape index (κ1) is 26.3. The molecule has 0 radical (unpaired) electrons. The monoisotopic (exact) mass is 500 g/mol. The Morgan fingerprint density at radius 1 is 1.00 bits per heavy atom. The van der Waals surface area contributed by atoms with Crippen molar-refractivity contribution in [3.8, 4) is 23.1 Å². The Morgan fingerprint density at radius 2 is 1.57 bits per heavy atom. The molecule has 0 unspecified atom stereocenters. The molecule has 2 aromatic carbocycles. The molecule has 0 saturated heterocycles. The topological polar surface area (TPSA) is 108 Å². The summed E-state index contributed by atoms with van der Waals surface area (Å²) in [6.07, 6.45) is 1.81. The molecular weight excluding hydrogens is 468 g/mol. The summed E-state index contributed by atoms with van der Waals surface area (Å²) >= 11 is 0. The number of sulfone groups is 1. The van der Waals surface area contributed by atoms with Gasteiger partial charge in [-0.2, -0.15) is 4.98 Å². The number of hydrogen-bond donors (Lipinski definition) is 1. The van der Waals surface area contributed by atoms with Crippen LogP contribution in [0.3, 0.4) is 0 Å². The number of aromatic nitrogens is 2. The number of methoxy groups -OCH3 is 2. The van der Waals surface area contributed by atoms with E-state index in [4.69, 9.17) is 9.47 Å². The Balaban J connectivity index is 2.34. The maximum Gasteiger partial charge on any atom is 0.296 e. The second-order valence-electron chi connectivity index (χ2n) is 9.21. The summed E-state index contributed by atoms with van der Waals surface area (Å²) < 4.78 is 39.3. The van der Waals surface area contributed by atoms with Crippen LogP contribution in [0.15, 0.2) is 57.1 Å². The normalized spacial score (nSPS) is 11.9. The Kier molecular flexibility index (Phi) is 7.59. The van der Waals surface area contributed by atoms with E-state index in [9.17, 15) is 18.3 Å². The van der Waals surface area contributed by atoms with Gasteiger partial charge in [-0.1, -0.05) is 52.3 Å². The van der Waals surface area contributed by atoms with Gasteiger partial charge in [0.2, 0.25) is 15.7 Å². The van der Waals surface area contributed by atoms with Crippen molar-refractivity contribution in [1.29, 1.82) is 0 Å². The molecule has 188 valence electrons. The first-order valence-corrected chi connectivity index (χ1v) is 12.9. The fraction of sp³-hybridized carbons (Fsp3) is 0.385. The van der Waals surface area contributed by atoms with Gasteiger partial charge in [-0.3, -0.25) is 9.36 Å². The van der Waals surface area contributed by atoms with Gasteiger partial charge in [-0.15, -0.1) is 0 Å². The van der Waals surface area contributed by atoms with Crippen molar-refractivity contribution < 1.29 is 23.0 Å². The summed E-state index contributed by atoms with van der Waals surface area (Å²) in [7, 11) is -1.50. The number of para-hydroxylation sites is 1. The lowest BCUT2D eigenvalue weighted by atomic mass is 9.87. The van der Waals surface area contributed by atoms with E-state index in [0.717, 1.165) is 12.0 Å². The lowest BCUT2D eigenvalue weighted by molar-refractivity contribution is 0.374. The van der Waals surface area contributed by atoms with Crippen molar-refractivity contribution in [2.45, 2.75) is 62.2 Å². The number of hydrogen-bond acceptors (Lipinski definition) is 7. The highest BCUT2D eigenvalue weighted by Gasteiger charge is 2.32. The van der Waals surface area contributed by atoms with Gasteiger partial charge in [0.05, 0.1) is 19.1 Å². The third-order valence-corrected chi connectivity index (χ3v) is 7.56. The molecule has 0 aliphatic heterocycles. The summed E-state index contributed by atoms with van der Waals surface area (Å²) in [5.41, 5.74) is -0.00308. The number of ether oxygens (including phenoxy) is 2. The first-order valence-electron chi connectivity index (χ1n) is 11.4. The lowest BCUT2D eigenvalue weighted by Gasteiger charge is -2.21. The molecule has 9 heteroatoms. The zero-order valence-corrected chi connectivity index (χ0v) is 21.8. The molecule has 0 atom stereocenters. The predicted octanol–water partition coefficient (Wildman–Crippen LogP) is 4.43. The van der Waals surface area contributed by atoms with Gasteiger partial charge in [0, 0.05) is 6.42 Å². The maximum absolute atomic E-state index is 13.6. The molecule has 1 aromatic heterocycles. The number of benzene rings is 2. The molecule has 0 amide bonds. The van der Waals surface area contributed by atoms with Gasteiger partial charge in [-0.05, 0) is 41.7 Å². The highest BCUT2D eigenvalue weighted by atomic mass is 32.2. The Labute approximate surface area is 206 Å². The van der Waals surface area contributed by atoms with E-state index in [2.05, 4.69) is 4.98 Å². The van der Waals surface area contributed by atoms with Crippen molar-refractivity contribution in [3.63, 3.8) is 0 Å². The van der Waals surface area contributed by atoms with Crippen molar-refractivity contribution in [2.75, 3.05) is 14.2 Å². The fourth-order valence-corrected chi connectivity index (χ4v) is 5.15. The van der Waals surface area contributed by atoms with Crippen molar-refractivity contribution in [2.24, 2.45) is 0 Å². The third kappa shape index (κ3) is 5.05. The van der Waals surface area contributed by atoms with Crippen molar-refractivity contribution in [3.05, 3.63) is 64.2 Å². The average molecular weight is 501 g/mol. The van der Waals surface area contributed by atoms with Crippen LogP contribution in [0.5, 0.6) is 17.4 Å². The quantitative estimate of drug-likeness (QED) is 0.487. The number of unbranched alkanes of at least 4 members (excludes halogenated alkanes) is 1. The maximum atomic E-state index is 13.6. The van der Waals surface area contributed by atoms with Crippen LogP contribution in [0.1, 0.15) is 51.9 Å². The molecule has 0 aliphatic rings. The van der Waals surface area contributed by atoms with E-state index >= 15 is 0 Å². The minimum absolute atomic E-state index is 0.112. The van der Waals surface area contributed by atoms with Crippen molar-refractivity contribution >= 4 is 9.84 Å². The molecule has 0 aliphatic carbocycles. The van der Waals surface area contributed by atoms with Gasteiger partial charge in [0.1, 0.15) is 23.0 Å². The minimum Gasteiger partial charge on any atom is -0.494 e. The SMILES string of the molecule is CCCCc1nc(=O)c(S(=O)(=O)c2ccc(C(C)(C)C)cc2)c(O)n1-c1c(OC)cccc1OC. The second-order valence-corrected chi connectivity index (χ2v) is 11.1. The number of nitrogens with zero attached hydrogens (tertiary/aromatic N) is 2. The van der Waals surface area contributed by atoms with E-state index in [1.165, 1.54) is 30.9 Å². The second kappa shape index (κ2) is 10.1. The standard InChI is InChI=1S/C26H32N2O6S/c1-7-8-12-21-27-24(29)23(35(31,32)18-15-13-17(14-16-18)26(2,3)4)25(30)28(21)22-19(33-5)10-9-11-20(22)34-6/h9-11,13-16,30H,7-8,12H2,1-6H3. The smallest absolute Gasteiger partial charge is 0.296 e. The van der Waals surface area contributed by atoms with E-state index in [-0.39, 0.29) is 21.8 Å². The van der Waals surface area contributed by atoms with Crippen molar-refractivity contribution in [1.82, 2.24) is 9.55 Å². The highest BCUT2D eigenvalue weighted by Crippen LogP contribution is 2.38. The fourth-order valence-electron chi connectivity index (χ4n) is 3.81. The van der Waals surface area contributed by atoms with Crippen LogP contribution in [0.4, 0.5) is 0 Å². The number of aryl methyl sites for hydroxylation is 1. The van der Waals surface area contributed by atoms with Crippen LogP contribution in [0, 0.1) is 0 Å². The van der Waals surface area contributed by atoms with E-state index in [0.29, 0.717) is 24.3 Å². The molecule has 0 bridgehead atoms. The molecule has 1 heterocycles. The summed E-state index contributed by atoms with van der Waals surface area (Å²) in [5, 5.41) is 11.4. The van der Waals surface area contributed by atoms with Crippen LogP contribution in [0.2, 0.25) is 0 Å². The minimum atomic E-state index is -4.40. The summed E-state index contributed by atoms with van der Waals surface area (Å²) in [5.74, 6) is 0.111. The molecule has 1 N–H and O–H groups in total. The largest absolute Gasteiger partial charge is 0.494 e. The van der Waals surface area contributed by atoms with Gasteiger partial charge in [0.15, 0.2) is 4.90 Å². The molecule has 0 fully saturated rings. The lowest BCUT2D eigenvalue weighted by Crippen LogP contribution is -2.25. The van der Waals surface area contributed by atoms with Gasteiger partial charge < -0.3 is 14.6 Å². The van der Waals surface area contributed by atoms with Crippen LogP contribution >= 0.6 is 0 Å². The third-order valence-electron chi connectivity index (χ3n) is 5.78. The van der Waals surface area contributed by atoms with E-state index < -0.39 is 26.2 Å². The molecule has 0 spiro atoms. The molecule has 8 nitrogen and oxygen atoms in total. The van der Waals surface area contributed by atoms with E-state index in [1.807, 2.05) is 27.7 Å². The van der Waals surface area contributed by atoms with Crippen LogP contribution in [-0.2, 0) is 21.7 Å².